The molecule has 0 fully saturated rings. The fraction of sp³-hybridized carbons (Fsp3) is 0.200. The van der Waals surface area contributed by atoms with Gasteiger partial charge in [0.2, 0.25) is 5.91 Å². The quantitative estimate of drug-likeness (QED) is 0.505. The highest BCUT2D eigenvalue weighted by Crippen LogP contribution is 2.12. The number of hydrogen-bond acceptors (Lipinski definition) is 3. The van der Waals surface area contributed by atoms with Crippen LogP contribution in [0.5, 0.6) is 5.75 Å². The second-order valence-electron chi connectivity index (χ2n) is 5.47. The summed E-state index contributed by atoms with van der Waals surface area (Å²) in [4.78, 5) is 12.0. The Morgan fingerprint density at radius 1 is 1.29 bits per heavy atom. The molecule has 0 bridgehead atoms. The van der Waals surface area contributed by atoms with E-state index in [-0.39, 0.29) is 12.5 Å². The minimum absolute atomic E-state index is 0.155. The number of hydrazone groups is 1. The van der Waals surface area contributed by atoms with Gasteiger partial charge in [-0.3, -0.25) is 4.79 Å². The number of carbonyl (C=O) groups is 1. The second kappa shape index (κ2) is 8.54. The molecule has 0 aliphatic carbocycles. The van der Waals surface area contributed by atoms with Crippen LogP contribution in [-0.4, -0.2) is 18.7 Å². The van der Waals surface area contributed by atoms with E-state index in [0.717, 1.165) is 16.7 Å². The number of carbonyl (C=O) groups excluding carboxylic acids is 1. The van der Waals surface area contributed by atoms with Gasteiger partial charge in [-0.05, 0) is 42.7 Å². The highest BCUT2D eigenvalue weighted by molar-refractivity contribution is 5.83. The Balaban J connectivity index is 1.91. The van der Waals surface area contributed by atoms with E-state index in [0.29, 0.717) is 12.2 Å². The van der Waals surface area contributed by atoms with E-state index in [4.69, 9.17) is 11.2 Å². The Hall–Kier alpha value is -3.06. The van der Waals surface area contributed by atoms with Crippen LogP contribution >= 0.6 is 0 Å². The fourth-order valence-electron chi connectivity index (χ4n) is 2.25. The third-order valence-corrected chi connectivity index (χ3v) is 3.43. The molecule has 0 aliphatic rings. The molecule has 0 aromatic heterocycles. The molecular weight excluding hydrogens is 300 g/mol. The number of nitrogens with zero attached hydrogens (tertiary/aromatic N) is 1. The van der Waals surface area contributed by atoms with Crippen molar-refractivity contribution in [3.63, 3.8) is 0 Å². The van der Waals surface area contributed by atoms with Gasteiger partial charge in [-0.1, -0.05) is 41.8 Å². The summed E-state index contributed by atoms with van der Waals surface area (Å²) in [6.45, 7) is 4.25. The largest absolute Gasteiger partial charge is 0.481 e. The smallest absolute Gasteiger partial charge is 0.244 e. The van der Waals surface area contributed by atoms with E-state index in [1.165, 1.54) is 5.56 Å². The number of terminal acetylenes is 1. The van der Waals surface area contributed by atoms with Crippen LogP contribution in [0.1, 0.15) is 22.3 Å². The van der Waals surface area contributed by atoms with E-state index < -0.39 is 0 Å². The molecule has 0 atom stereocenters. The molecular formula is C20H20N2O2. The van der Waals surface area contributed by atoms with Gasteiger partial charge in [-0.25, -0.2) is 5.43 Å². The van der Waals surface area contributed by atoms with Crippen molar-refractivity contribution in [3.05, 3.63) is 64.7 Å². The van der Waals surface area contributed by atoms with Gasteiger partial charge in [0.1, 0.15) is 12.4 Å². The van der Waals surface area contributed by atoms with Crippen molar-refractivity contribution in [1.82, 2.24) is 5.43 Å². The maximum Gasteiger partial charge on any atom is 0.244 e. The van der Waals surface area contributed by atoms with Crippen molar-refractivity contribution in [1.29, 1.82) is 0 Å². The van der Waals surface area contributed by atoms with Crippen LogP contribution in [0.2, 0.25) is 0 Å². The van der Waals surface area contributed by atoms with Gasteiger partial charge in [0.25, 0.3) is 0 Å². The number of nitrogens with one attached hydrogen (secondary N) is 1. The first kappa shape index (κ1) is 17.3. The predicted octanol–water partition coefficient (Wildman–Crippen LogP) is 3.01. The monoisotopic (exact) mass is 320 g/mol. The number of amides is 1. The first-order valence-electron chi connectivity index (χ1n) is 7.63. The van der Waals surface area contributed by atoms with Gasteiger partial charge in [0.15, 0.2) is 0 Å². The Morgan fingerprint density at radius 2 is 2.12 bits per heavy atom. The van der Waals surface area contributed by atoms with Crippen LogP contribution in [0.15, 0.2) is 47.6 Å². The van der Waals surface area contributed by atoms with Crippen molar-refractivity contribution >= 4 is 12.1 Å². The highest BCUT2D eigenvalue weighted by Gasteiger charge is 2.05. The fourth-order valence-corrected chi connectivity index (χ4v) is 2.25. The molecule has 24 heavy (non-hydrogen) atoms. The summed E-state index contributed by atoms with van der Waals surface area (Å²) in [6, 6.07) is 13.4. The Labute approximate surface area is 142 Å². The standard InChI is InChI=1S/C20H20N2O2/c1-4-10-24-19-7-5-6-17(12-19)14-21-22-20(23)13-18-9-8-15(2)11-16(18)3/h1,5-9,11-12,14H,10,13H2,2-3H3,(H,22,23)/b21-14+. The maximum absolute atomic E-state index is 12.0. The molecule has 0 radical (unpaired) electrons. The number of hydrogen-bond donors (Lipinski definition) is 1. The van der Waals surface area contributed by atoms with Crippen LogP contribution in [0.4, 0.5) is 0 Å². The molecule has 0 saturated carbocycles. The average Bonchev–Trinajstić information content (AvgIpc) is 2.56. The van der Waals surface area contributed by atoms with Gasteiger partial charge in [-0.2, -0.15) is 5.10 Å². The lowest BCUT2D eigenvalue weighted by Crippen LogP contribution is -2.20. The molecule has 122 valence electrons. The molecule has 0 heterocycles. The minimum atomic E-state index is -0.155. The zero-order valence-corrected chi connectivity index (χ0v) is 13.9. The van der Waals surface area contributed by atoms with Crippen molar-refractivity contribution < 1.29 is 9.53 Å². The molecule has 0 saturated heterocycles. The summed E-state index contributed by atoms with van der Waals surface area (Å²) >= 11 is 0. The summed E-state index contributed by atoms with van der Waals surface area (Å²) in [6.07, 6.45) is 7.03. The van der Waals surface area contributed by atoms with Gasteiger partial charge in [0.05, 0.1) is 12.6 Å². The molecule has 2 aromatic rings. The Morgan fingerprint density at radius 3 is 2.88 bits per heavy atom. The molecule has 1 amide bonds. The van der Waals surface area contributed by atoms with Crippen LogP contribution in [0.25, 0.3) is 0 Å². The van der Waals surface area contributed by atoms with Crippen molar-refractivity contribution in [2.75, 3.05) is 6.61 Å². The van der Waals surface area contributed by atoms with Gasteiger partial charge in [0, 0.05) is 0 Å². The summed E-state index contributed by atoms with van der Waals surface area (Å²) < 4.78 is 5.34. The van der Waals surface area contributed by atoms with E-state index >= 15 is 0 Å². The lowest BCUT2D eigenvalue weighted by molar-refractivity contribution is -0.120. The lowest BCUT2D eigenvalue weighted by Gasteiger charge is -2.06. The predicted molar refractivity (Wildman–Crippen MR) is 96.1 cm³/mol. The number of rotatable bonds is 6. The van der Waals surface area contributed by atoms with Crippen molar-refractivity contribution in [2.45, 2.75) is 20.3 Å². The molecule has 2 rings (SSSR count). The number of benzene rings is 2. The third kappa shape index (κ3) is 5.29. The van der Waals surface area contributed by atoms with E-state index in [9.17, 15) is 4.79 Å². The normalized spacial score (nSPS) is 10.4. The van der Waals surface area contributed by atoms with Crippen LogP contribution in [0.3, 0.4) is 0 Å². The first-order chi connectivity index (χ1) is 11.6. The molecule has 2 aromatic carbocycles. The number of ether oxygens (including phenoxy) is 1. The molecule has 4 nitrogen and oxygen atoms in total. The third-order valence-electron chi connectivity index (χ3n) is 3.43. The van der Waals surface area contributed by atoms with Gasteiger partial charge in [-0.15, -0.1) is 6.42 Å². The zero-order chi connectivity index (χ0) is 17.4. The Bertz CT molecular complexity index is 788. The van der Waals surface area contributed by atoms with Gasteiger partial charge >= 0.3 is 0 Å². The average molecular weight is 320 g/mol. The summed E-state index contributed by atoms with van der Waals surface area (Å²) in [5.41, 5.74) is 6.64. The van der Waals surface area contributed by atoms with Crippen LogP contribution in [0, 0.1) is 26.2 Å². The molecule has 1 N–H and O–H groups in total. The highest BCUT2D eigenvalue weighted by atomic mass is 16.5. The molecule has 0 spiro atoms. The van der Waals surface area contributed by atoms with E-state index in [1.54, 1.807) is 12.3 Å². The van der Waals surface area contributed by atoms with Gasteiger partial charge < -0.3 is 4.74 Å². The SMILES string of the molecule is C#CCOc1cccc(/C=N/NC(=O)Cc2ccc(C)cc2C)c1. The maximum atomic E-state index is 12.0. The van der Waals surface area contributed by atoms with Crippen molar-refractivity contribution in [2.24, 2.45) is 5.10 Å². The summed E-state index contributed by atoms with van der Waals surface area (Å²) in [7, 11) is 0. The van der Waals surface area contributed by atoms with E-state index in [1.807, 2.05) is 44.2 Å². The van der Waals surface area contributed by atoms with Crippen LogP contribution in [-0.2, 0) is 11.2 Å². The second-order valence-corrected chi connectivity index (χ2v) is 5.47. The molecule has 0 unspecified atom stereocenters. The lowest BCUT2D eigenvalue weighted by atomic mass is 10.0. The zero-order valence-electron chi connectivity index (χ0n) is 13.9. The molecule has 4 heteroatoms. The Kier molecular flexibility index (Phi) is 6.16. The van der Waals surface area contributed by atoms with Crippen molar-refractivity contribution in [3.8, 4) is 18.1 Å². The summed E-state index contributed by atoms with van der Waals surface area (Å²) in [5, 5.41) is 3.99. The topological polar surface area (TPSA) is 50.7 Å². The minimum Gasteiger partial charge on any atom is -0.481 e. The summed E-state index contributed by atoms with van der Waals surface area (Å²) in [5.74, 6) is 2.92. The van der Waals surface area contributed by atoms with Crippen LogP contribution < -0.4 is 10.2 Å². The van der Waals surface area contributed by atoms with E-state index in [2.05, 4.69) is 22.5 Å². The first-order valence-corrected chi connectivity index (χ1v) is 7.63. The number of aryl methyl sites for hydroxylation is 2. The molecule has 0 aliphatic heterocycles.